The molecule has 0 heterocycles. The standard InChI is InChI=1S/C4H10INO3S/c1-4(2,6-5)3-10(7,8)9/h6H,3H2,1-2H3,(H,7,8,9). The van der Waals surface area contributed by atoms with Crippen molar-refractivity contribution in [2.75, 3.05) is 5.75 Å². The molecule has 4 nitrogen and oxygen atoms in total. The summed E-state index contributed by atoms with van der Waals surface area (Å²) >= 11 is 1.84. The van der Waals surface area contributed by atoms with Crippen molar-refractivity contribution in [1.82, 2.24) is 3.53 Å². The first kappa shape index (κ1) is 10.6. The predicted molar refractivity (Wildman–Crippen MR) is 47.7 cm³/mol. The summed E-state index contributed by atoms with van der Waals surface area (Å²) in [6.07, 6.45) is 0. The molecule has 0 aliphatic carbocycles. The number of hydrogen-bond acceptors (Lipinski definition) is 3. The van der Waals surface area contributed by atoms with Gasteiger partial charge < -0.3 is 0 Å². The van der Waals surface area contributed by atoms with Crippen molar-refractivity contribution in [3.63, 3.8) is 0 Å². The van der Waals surface area contributed by atoms with Crippen LogP contribution in [0.3, 0.4) is 0 Å². The lowest BCUT2D eigenvalue weighted by molar-refractivity contribution is 0.455. The third kappa shape index (κ3) is 5.39. The molecular formula is C4H10INO3S. The normalized spacial score (nSPS) is 13.6. The van der Waals surface area contributed by atoms with Crippen LogP contribution in [0.15, 0.2) is 0 Å². The molecule has 0 amide bonds. The van der Waals surface area contributed by atoms with Crippen LogP contribution in [-0.2, 0) is 10.1 Å². The Bertz CT molecular complexity index is 199. The Hall–Kier alpha value is 0.600. The van der Waals surface area contributed by atoms with Crippen LogP contribution < -0.4 is 3.53 Å². The third-order valence-electron chi connectivity index (χ3n) is 0.799. The van der Waals surface area contributed by atoms with Crippen molar-refractivity contribution in [2.24, 2.45) is 0 Å². The van der Waals surface area contributed by atoms with Gasteiger partial charge in [-0.25, -0.2) is 0 Å². The van der Waals surface area contributed by atoms with E-state index in [0.717, 1.165) is 0 Å². The van der Waals surface area contributed by atoms with E-state index in [4.69, 9.17) is 4.55 Å². The van der Waals surface area contributed by atoms with Gasteiger partial charge in [0.25, 0.3) is 10.1 Å². The van der Waals surface area contributed by atoms with E-state index in [2.05, 4.69) is 3.53 Å². The first-order valence-electron chi connectivity index (χ1n) is 2.60. The fourth-order valence-corrected chi connectivity index (χ4v) is 1.92. The highest BCUT2D eigenvalue weighted by Gasteiger charge is 2.22. The summed E-state index contributed by atoms with van der Waals surface area (Å²) in [6.45, 7) is 3.38. The maximum absolute atomic E-state index is 10.3. The van der Waals surface area contributed by atoms with Crippen molar-refractivity contribution >= 4 is 33.0 Å². The van der Waals surface area contributed by atoms with Crippen LogP contribution >= 0.6 is 22.9 Å². The molecule has 0 radical (unpaired) electrons. The molecule has 0 aliphatic heterocycles. The van der Waals surface area contributed by atoms with Gasteiger partial charge in [0.15, 0.2) is 0 Å². The fourth-order valence-electron chi connectivity index (χ4n) is 0.483. The molecule has 10 heavy (non-hydrogen) atoms. The summed E-state index contributed by atoms with van der Waals surface area (Å²) in [7, 11) is -3.86. The summed E-state index contributed by atoms with van der Waals surface area (Å²) in [4.78, 5) is 0. The minimum Gasteiger partial charge on any atom is -0.285 e. The molecule has 0 aromatic rings. The Kier molecular flexibility index (Phi) is 3.53. The van der Waals surface area contributed by atoms with E-state index in [1.54, 1.807) is 13.8 Å². The van der Waals surface area contributed by atoms with Gasteiger partial charge in [-0.05, 0) is 13.8 Å². The zero-order chi connectivity index (χ0) is 8.41. The molecule has 0 saturated heterocycles. The number of rotatable bonds is 3. The van der Waals surface area contributed by atoms with E-state index in [1.165, 1.54) is 0 Å². The Balaban J connectivity index is 4.16. The summed E-state index contributed by atoms with van der Waals surface area (Å²) in [5, 5.41) is 0. The van der Waals surface area contributed by atoms with Gasteiger partial charge in [0.05, 0.1) is 5.75 Å². The smallest absolute Gasteiger partial charge is 0.266 e. The first-order chi connectivity index (χ1) is 4.27. The van der Waals surface area contributed by atoms with Gasteiger partial charge in [0, 0.05) is 28.4 Å². The lowest BCUT2D eigenvalue weighted by atomic mass is 10.1. The molecule has 0 fully saturated rings. The molecule has 0 bridgehead atoms. The maximum atomic E-state index is 10.3. The molecule has 0 saturated carbocycles. The average Bonchev–Trinajstić information content (AvgIpc) is 1.60. The highest BCUT2D eigenvalue weighted by Crippen LogP contribution is 2.06. The molecule has 0 aromatic carbocycles. The Morgan fingerprint density at radius 1 is 1.60 bits per heavy atom. The SMILES string of the molecule is CC(C)(CS(=O)(=O)O)NI. The van der Waals surface area contributed by atoms with Gasteiger partial charge in [0.1, 0.15) is 0 Å². The topological polar surface area (TPSA) is 66.4 Å². The van der Waals surface area contributed by atoms with Crippen LogP contribution in [0.5, 0.6) is 0 Å². The van der Waals surface area contributed by atoms with Crippen molar-refractivity contribution in [3.05, 3.63) is 0 Å². The van der Waals surface area contributed by atoms with Crippen molar-refractivity contribution < 1.29 is 13.0 Å². The molecule has 0 spiro atoms. The van der Waals surface area contributed by atoms with Crippen LogP contribution in [0, 0.1) is 0 Å². The number of hydrogen-bond donors (Lipinski definition) is 2. The number of halogens is 1. The summed E-state index contributed by atoms with van der Waals surface area (Å²) in [5.41, 5.74) is -0.575. The molecule has 2 N–H and O–H groups in total. The van der Waals surface area contributed by atoms with Crippen molar-refractivity contribution in [2.45, 2.75) is 19.4 Å². The molecule has 62 valence electrons. The zero-order valence-corrected chi connectivity index (χ0v) is 8.73. The molecular weight excluding hydrogens is 269 g/mol. The van der Waals surface area contributed by atoms with Crippen LogP contribution in [0.25, 0.3) is 0 Å². The zero-order valence-electron chi connectivity index (χ0n) is 5.76. The molecule has 0 aromatic heterocycles. The van der Waals surface area contributed by atoms with Gasteiger partial charge in [0.2, 0.25) is 0 Å². The highest BCUT2D eigenvalue weighted by molar-refractivity contribution is 14.1. The highest BCUT2D eigenvalue weighted by atomic mass is 127. The van der Waals surface area contributed by atoms with E-state index >= 15 is 0 Å². The van der Waals surface area contributed by atoms with E-state index < -0.39 is 15.7 Å². The van der Waals surface area contributed by atoms with Gasteiger partial charge in [-0.2, -0.15) is 8.42 Å². The minimum absolute atomic E-state index is 0.275. The maximum Gasteiger partial charge on any atom is 0.266 e. The summed E-state index contributed by atoms with van der Waals surface area (Å²) in [5.74, 6) is -0.275. The van der Waals surface area contributed by atoms with Gasteiger partial charge in [-0.3, -0.25) is 8.08 Å². The van der Waals surface area contributed by atoms with Crippen LogP contribution in [0.1, 0.15) is 13.8 Å². The van der Waals surface area contributed by atoms with Gasteiger partial charge in [-0.1, -0.05) is 0 Å². The lowest BCUT2D eigenvalue weighted by Crippen LogP contribution is -2.39. The Morgan fingerprint density at radius 2 is 2.00 bits per heavy atom. The van der Waals surface area contributed by atoms with E-state index in [0.29, 0.717) is 0 Å². The summed E-state index contributed by atoms with van der Waals surface area (Å²) in [6, 6.07) is 0. The van der Waals surface area contributed by atoms with Crippen LogP contribution in [0.2, 0.25) is 0 Å². The van der Waals surface area contributed by atoms with Crippen LogP contribution in [-0.4, -0.2) is 24.3 Å². The predicted octanol–water partition coefficient (Wildman–Crippen LogP) is 0.592. The van der Waals surface area contributed by atoms with Gasteiger partial charge >= 0.3 is 0 Å². The van der Waals surface area contributed by atoms with E-state index in [9.17, 15) is 8.42 Å². The average molecular weight is 279 g/mol. The Labute approximate surface area is 74.6 Å². The Morgan fingerprint density at radius 3 is 2.10 bits per heavy atom. The van der Waals surface area contributed by atoms with E-state index in [-0.39, 0.29) is 5.75 Å². The van der Waals surface area contributed by atoms with Crippen molar-refractivity contribution in [3.8, 4) is 0 Å². The third-order valence-corrected chi connectivity index (χ3v) is 3.35. The second kappa shape index (κ2) is 3.33. The fraction of sp³-hybridized carbons (Fsp3) is 1.00. The lowest BCUT2D eigenvalue weighted by Gasteiger charge is -2.19. The molecule has 0 atom stereocenters. The van der Waals surface area contributed by atoms with E-state index in [1.807, 2.05) is 22.9 Å². The summed E-state index contributed by atoms with van der Waals surface area (Å²) < 4.78 is 31.8. The van der Waals surface area contributed by atoms with Gasteiger partial charge in [-0.15, -0.1) is 0 Å². The first-order valence-corrected chi connectivity index (χ1v) is 5.29. The van der Waals surface area contributed by atoms with Crippen LogP contribution in [0.4, 0.5) is 0 Å². The largest absolute Gasteiger partial charge is 0.285 e. The second-order valence-electron chi connectivity index (χ2n) is 2.70. The molecule has 0 rings (SSSR count). The molecule has 6 heteroatoms. The minimum atomic E-state index is -3.86. The molecule has 0 aliphatic rings. The quantitative estimate of drug-likeness (QED) is 0.451. The second-order valence-corrected chi connectivity index (χ2v) is 4.70. The molecule has 0 unspecified atom stereocenters. The monoisotopic (exact) mass is 279 g/mol. The number of nitrogens with one attached hydrogen (secondary N) is 1. The van der Waals surface area contributed by atoms with Crippen molar-refractivity contribution in [1.29, 1.82) is 0 Å².